The maximum Gasteiger partial charge on any atom is 0.259 e. The number of hydrogen-bond acceptors (Lipinski definition) is 5. The van der Waals surface area contributed by atoms with E-state index in [0.29, 0.717) is 28.8 Å². The number of benzene rings is 2. The predicted molar refractivity (Wildman–Crippen MR) is 106 cm³/mol. The fourth-order valence-corrected chi connectivity index (χ4v) is 3.45. The van der Waals surface area contributed by atoms with E-state index >= 15 is 0 Å². The van der Waals surface area contributed by atoms with Crippen LogP contribution in [-0.2, 0) is 0 Å². The van der Waals surface area contributed by atoms with Crippen LogP contribution in [0.25, 0.3) is 22.8 Å². The predicted octanol–water partition coefficient (Wildman–Crippen LogP) is 4.28. The van der Waals surface area contributed by atoms with E-state index in [1.54, 1.807) is 7.11 Å². The summed E-state index contributed by atoms with van der Waals surface area (Å²) in [6, 6.07) is 14.9. The van der Waals surface area contributed by atoms with Crippen LogP contribution in [0.1, 0.15) is 30.1 Å². The molecule has 0 aliphatic carbocycles. The third-order valence-electron chi connectivity index (χ3n) is 5.21. The third kappa shape index (κ3) is 3.63. The summed E-state index contributed by atoms with van der Waals surface area (Å²) in [5.41, 5.74) is 2.05. The molecule has 4 rings (SSSR count). The SMILES string of the molecule is COc1cccc(-c2noc(-c3ccccc3C(=O)N3CCC(C)CC3)n2)c1. The Labute approximate surface area is 164 Å². The Balaban J connectivity index is 1.64. The number of aromatic nitrogens is 2. The molecule has 1 fully saturated rings. The number of amides is 1. The van der Waals surface area contributed by atoms with Gasteiger partial charge in [0, 0.05) is 18.7 Å². The van der Waals surface area contributed by atoms with E-state index in [9.17, 15) is 4.79 Å². The number of piperidine rings is 1. The largest absolute Gasteiger partial charge is 0.497 e. The molecule has 3 aromatic rings. The minimum Gasteiger partial charge on any atom is -0.497 e. The van der Waals surface area contributed by atoms with Gasteiger partial charge in [0.1, 0.15) is 5.75 Å². The summed E-state index contributed by atoms with van der Waals surface area (Å²) in [6.45, 7) is 3.80. The van der Waals surface area contributed by atoms with Crippen LogP contribution in [-0.4, -0.2) is 41.1 Å². The molecule has 1 aliphatic rings. The lowest BCUT2D eigenvalue weighted by Gasteiger charge is -2.30. The quantitative estimate of drug-likeness (QED) is 0.679. The Morgan fingerprint density at radius 3 is 2.71 bits per heavy atom. The van der Waals surface area contributed by atoms with Crippen molar-refractivity contribution in [1.29, 1.82) is 0 Å². The lowest BCUT2D eigenvalue weighted by atomic mass is 9.98. The van der Waals surface area contributed by atoms with E-state index < -0.39 is 0 Å². The van der Waals surface area contributed by atoms with Crippen molar-refractivity contribution in [2.45, 2.75) is 19.8 Å². The molecule has 1 aromatic heterocycles. The van der Waals surface area contributed by atoms with Crippen molar-refractivity contribution in [2.75, 3.05) is 20.2 Å². The highest BCUT2D eigenvalue weighted by molar-refractivity contribution is 6.00. The number of rotatable bonds is 4. The van der Waals surface area contributed by atoms with Crippen LogP contribution in [0.15, 0.2) is 53.1 Å². The number of nitrogens with zero attached hydrogens (tertiary/aromatic N) is 3. The number of hydrogen-bond donors (Lipinski definition) is 0. The maximum atomic E-state index is 13.1. The van der Waals surface area contributed by atoms with Crippen LogP contribution in [0, 0.1) is 5.92 Å². The molecule has 0 radical (unpaired) electrons. The average Bonchev–Trinajstić information content (AvgIpc) is 3.24. The molecule has 0 N–H and O–H groups in total. The van der Waals surface area contributed by atoms with Crippen LogP contribution in [0.2, 0.25) is 0 Å². The standard InChI is InChI=1S/C22H23N3O3/c1-15-10-12-25(13-11-15)22(26)19-9-4-3-8-18(19)21-23-20(24-28-21)16-6-5-7-17(14-16)27-2/h3-9,14-15H,10-13H2,1-2H3. The van der Waals surface area contributed by atoms with Gasteiger partial charge in [-0.05, 0) is 43.0 Å². The molecule has 2 aromatic carbocycles. The van der Waals surface area contributed by atoms with Crippen molar-refractivity contribution in [3.05, 3.63) is 54.1 Å². The van der Waals surface area contributed by atoms with Gasteiger partial charge in [0.05, 0.1) is 18.2 Å². The highest BCUT2D eigenvalue weighted by Crippen LogP contribution is 2.28. The summed E-state index contributed by atoms with van der Waals surface area (Å²) in [6.07, 6.45) is 2.07. The zero-order valence-electron chi connectivity index (χ0n) is 16.1. The molecule has 144 valence electrons. The van der Waals surface area contributed by atoms with Gasteiger partial charge in [-0.25, -0.2) is 0 Å². The van der Waals surface area contributed by atoms with Gasteiger partial charge in [0.25, 0.3) is 11.8 Å². The van der Waals surface area contributed by atoms with E-state index in [-0.39, 0.29) is 5.91 Å². The molecule has 6 nitrogen and oxygen atoms in total. The van der Waals surface area contributed by atoms with Crippen LogP contribution < -0.4 is 4.74 Å². The van der Waals surface area contributed by atoms with Gasteiger partial charge in [-0.2, -0.15) is 4.98 Å². The second-order valence-corrected chi connectivity index (χ2v) is 7.18. The normalized spacial score (nSPS) is 14.9. The van der Waals surface area contributed by atoms with Crippen molar-refractivity contribution >= 4 is 5.91 Å². The molecule has 0 bridgehead atoms. The smallest absolute Gasteiger partial charge is 0.259 e. The molecule has 1 saturated heterocycles. The number of likely N-dealkylation sites (tertiary alicyclic amines) is 1. The van der Waals surface area contributed by atoms with Crippen LogP contribution >= 0.6 is 0 Å². The molecule has 0 spiro atoms. The summed E-state index contributed by atoms with van der Waals surface area (Å²) in [5, 5.41) is 4.09. The van der Waals surface area contributed by atoms with Crippen LogP contribution in [0.3, 0.4) is 0 Å². The Morgan fingerprint density at radius 2 is 1.93 bits per heavy atom. The Bertz CT molecular complexity index is 974. The Kier molecular flexibility index (Phi) is 5.10. The number of carbonyl (C=O) groups excluding carboxylic acids is 1. The average molecular weight is 377 g/mol. The summed E-state index contributed by atoms with van der Waals surface area (Å²) in [5.74, 6) is 2.21. The molecule has 0 unspecified atom stereocenters. The topological polar surface area (TPSA) is 68.5 Å². The van der Waals surface area contributed by atoms with Crippen molar-refractivity contribution < 1.29 is 14.1 Å². The molecule has 1 aliphatic heterocycles. The monoisotopic (exact) mass is 377 g/mol. The second kappa shape index (κ2) is 7.84. The van der Waals surface area contributed by atoms with Crippen molar-refractivity contribution in [1.82, 2.24) is 15.0 Å². The molecular weight excluding hydrogens is 354 g/mol. The van der Waals surface area contributed by atoms with Gasteiger partial charge in [-0.3, -0.25) is 4.79 Å². The lowest BCUT2D eigenvalue weighted by molar-refractivity contribution is 0.0697. The van der Waals surface area contributed by atoms with Gasteiger partial charge >= 0.3 is 0 Å². The summed E-state index contributed by atoms with van der Waals surface area (Å²) >= 11 is 0. The minimum atomic E-state index is 0.0173. The zero-order valence-corrected chi connectivity index (χ0v) is 16.1. The summed E-state index contributed by atoms with van der Waals surface area (Å²) < 4.78 is 10.8. The number of carbonyl (C=O) groups is 1. The Hall–Kier alpha value is -3.15. The third-order valence-corrected chi connectivity index (χ3v) is 5.21. The lowest BCUT2D eigenvalue weighted by Crippen LogP contribution is -2.38. The van der Waals surface area contributed by atoms with Gasteiger partial charge in [-0.1, -0.05) is 36.3 Å². The van der Waals surface area contributed by atoms with Gasteiger partial charge in [0.15, 0.2) is 0 Å². The fraction of sp³-hybridized carbons (Fsp3) is 0.318. The number of ether oxygens (including phenoxy) is 1. The zero-order chi connectivity index (χ0) is 19.5. The Morgan fingerprint density at radius 1 is 1.14 bits per heavy atom. The molecule has 0 saturated carbocycles. The first-order valence-corrected chi connectivity index (χ1v) is 9.52. The molecule has 0 atom stereocenters. The van der Waals surface area contributed by atoms with Crippen molar-refractivity contribution in [3.8, 4) is 28.6 Å². The van der Waals surface area contributed by atoms with E-state index in [0.717, 1.165) is 37.2 Å². The van der Waals surface area contributed by atoms with Gasteiger partial charge in [-0.15, -0.1) is 0 Å². The number of methoxy groups -OCH3 is 1. The van der Waals surface area contributed by atoms with E-state index in [4.69, 9.17) is 9.26 Å². The van der Waals surface area contributed by atoms with Crippen molar-refractivity contribution in [3.63, 3.8) is 0 Å². The summed E-state index contributed by atoms with van der Waals surface area (Å²) in [4.78, 5) is 19.5. The second-order valence-electron chi connectivity index (χ2n) is 7.18. The van der Waals surface area contributed by atoms with E-state index in [1.165, 1.54) is 0 Å². The molecule has 6 heteroatoms. The van der Waals surface area contributed by atoms with Gasteiger partial charge < -0.3 is 14.2 Å². The van der Waals surface area contributed by atoms with Crippen LogP contribution in [0.4, 0.5) is 0 Å². The maximum absolute atomic E-state index is 13.1. The first kappa shape index (κ1) is 18.2. The van der Waals surface area contributed by atoms with Crippen LogP contribution in [0.5, 0.6) is 5.75 Å². The first-order valence-electron chi connectivity index (χ1n) is 9.52. The highest BCUT2D eigenvalue weighted by Gasteiger charge is 2.25. The molecular formula is C22H23N3O3. The molecule has 1 amide bonds. The van der Waals surface area contributed by atoms with E-state index in [2.05, 4.69) is 17.1 Å². The molecule has 28 heavy (non-hydrogen) atoms. The summed E-state index contributed by atoms with van der Waals surface area (Å²) in [7, 11) is 1.62. The minimum absolute atomic E-state index is 0.0173. The molecule has 2 heterocycles. The first-order chi connectivity index (χ1) is 13.7. The van der Waals surface area contributed by atoms with E-state index in [1.807, 2.05) is 53.4 Å². The van der Waals surface area contributed by atoms with Crippen molar-refractivity contribution in [2.24, 2.45) is 5.92 Å². The fourth-order valence-electron chi connectivity index (χ4n) is 3.45. The van der Waals surface area contributed by atoms with Gasteiger partial charge in [0.2, 0.25) is 5.82 Å². The highest BCUT2D eigenvalue weighted by atomic mass is 16.5.